The molecule has 4 rings (SSSR count). The summed E-state index contributed by atoms with van der Waals surface area (Å²) in [4.78, 5) is 2.49. The van der Waals surface area contributed by atoms with Crippen LogP contribution in [0.15, 0.2) is 59.6 Å². The molecule has 2 heterocycles. The summed E-state index contributed by atoms with van der Waals surface area (Å²) < 4.78 is 33.3. The molecule has 142 valence electrons. The van der Waals surface area contributed by atoms with Crippen LogP contribution in [0.2, 0.25) is 0 Å². The summed E-state index contributed by atoms with van der Waals surface area (Å²) >= 11 is 0. The van der Waals surface area contributed by atoms with E-state index in [0.29, 0.717) is 17.9 Å². The van der Waals surface area contributed by atoms with Crippen molar-refractivity contribution in [2.24, 2.45) is 0 Å². The van der Waals surface area contributed by atoms with Crippen LogP contribution in [0.4, 0.5) is 5.69 Å². The van der Waals surface area contributed by atoms with Gasteiger partial charge in [-0.15, -0.1) is 0 Å². The fourth-order valence-electron chi connectivity index (χ4n) is 3.43. The molecule has 27 heavy (non-hydrogen) atoms. The molecular formula is C20H23N3O3S. The first-order valence-corrected chi connectivity index (χ1v) is 10.6. The number of nitrogens with zero attached hydrogens (tertiary/aromatic N) is 2. The lowest BCUT2D eigenvalue weighted by Crippen LogP contribution is -2.43. The highest BCUT2D eigenvalue weighted by atomic mass is 32.2. The van der Waals surface area contributed by atoms with E-state index in [-0.39, 0.29) is 4.90 Å². The topological polar surface area (TPSA) is 63.6 Å². The van der Waals surface area contributed by atoms with Gasteiger partial charge < -0.3 is 15.0 Å². The van der Waals surface area contributed by atoms with E-state index in [1.807, 2.05) is 25.1 Å². The van der Waals surface area contributed by atoms with Gasteiger partial charge >= 0.3 is 0 Å². The lowest BCUT2D eigenvalue weighted by molar-refractivity contribution is 0.339. The molecule has 0 spiro atoms. The maximum atomic E-state index is 13.2. The van der Waals surface area contributed by atoms with Crippen molar-refractivity contribution >= 4 is 26.6 Å². The smallest absolute Gasteiger partial charge is 0.268 e. The Kier molecular flexibility index (Phi) is 4.80. The largest absolute Gasteiger partial charge is 0.494 e. The molecule has 6 nitrogen and oxygen atoms in total. The van der Waals surface area contributed by atoms with E-state index in [1.165, 1.54) is 3.97 Å². The Morgan fingerprint density at radius 1 is 1.07 bits per heavy atom. The number of hydrogen-bond donors (Lipinski definition) is 1. The number of rotatable bonds is 5. The van der Waals surface area contributed by atoms with Crippen LogP contribution in [0.25, 0.3) is 10.9 Å². The first kappa shape index (κ1) is 17.9. The van der Waals surface area contributed by atoms with E-state index >= 15 is 0 Å². The monoisotopic (exact) mass is 385 g/mol. The molecule has 0 bridgehead atoms. The first-order valence-electron chi connectivity index (χ1n) is 9.15. The molecule has 1 saturated heterocycles. The van der Waals surface area contributed by atoms with Gasteiger partial charge in [-0.2, -0.15) is 0 Å². The molecule has 7 heteroatoms. The first-order chi connectivity index (χ1) is 13.1. The third-order valence-electron chi connectivity index (χ3n) is 4.80. The zero-order chi connectivity index (χ0) is 18.9. The van der Waals surface area contributed by atoms with Crippen molar-refractivity contribution in [3.8, 4) is 5.75 Å². The highest BCUT2D eigenvalue weighted by Crippen LogP contribution is 2.28. The Labute approximate surface area is 159 Å². The summed E-state index contributed by atoms with van der Waals surface area (Å²) in [5.74, 6) is 0.552. The Hall–Kier alpha value is -2.51. The van der Waals surface area contributed by atoms with Crippen LogP contribution >= 0.6 is 0 Å². The molecule has 0 radical (unpaired) electrons. The average molecular weight is 385 g/mol. The van der Waals surface area contributed by atoms with Crippen LogP contribution in [0.3, 0.4) is 0 Å². The molecule has 1 aliphatic rings. The Bertz CT molecular complexity index is 1050. The molecule has 0 unspecified atom stereocenters. The van der Waals surface area contributed by atoms with Gasteiger partial charge in [-0.3, -0.25) is 0 Å². The summed E-state index contributed by atoms with van der Waals surface area (Å²) in [5.41, 5.74) is 1.73. The molecule has 1 aromatic heterocycles. The van der Waals surface area contributed by atoms with Gasteiger partial charge in [0.1, 0.15) is 5.75 Å². The number of nitrogens with one attached hydrogen (secondary N) is 1. The van der Waals surface area contributed by atoms with Crippen LogP contribution in [0.1, 0.15) is 6.92 Å². The fourth-order valence-corrected chi connectivity index (χ4v) is 4.81. The lowest BCUT2D eigenvalue weighted by Gasteiger charge is -2.29. The number of anilines is 1. The number of piperazine rings is 1. The zero-order valence-electron chi connectivity index (χ0n) is 15.3. The second-order valence-corrected chi connectivity index (χ2v) is 8.32. The predicted molar refractivity (Wildman–Crippen MR) is 107 cm³/mol. The normalized spacial score (nSPS) is 15.2. The molecular weight excluding hydrogens is 362 g/mol. The summed E-state index contributed by atoms with van der Waals surface area (Å²) in [6.07, 6.45) is 1.62. The van der Waals surface area contributed by atoms with Crippen molar-refractivity contribution in [1.29, 1.82) is 0 Å². The fraction of sp³-hybridized carbons (Fsp3) is 0.300. The van der Waals surface area contributed by atoms with E-state index in [1.54, 1.807) is 30.5 Å². The van der Waals surface area contributed by atoms with Crippen molar-refractivity contribution in [2.45, 2.75) is 11.8 Å². The maximum absolute atomic E-state index is 13.2. The zero-order valence-corrected chi connectivity index (χ0v) is 16.1. The molecule has 2 aromatic carbocycles. The summed E-state index contributed by atoms with van der Waals surface area (Å²) in [7, 11) is -3.70. The van der Waals surface area contributed by atoms with Gasteiger partial charge in [0.2, 0.25) is 0 Å². The molecule has 0 atom stereocenters. The van der Waals surface area contributed by atoms with Crippen molar-refractivity contribution in [1.82, 2.24) is 9.29 Å². The molecule has 0 amide bonds. The minimum atomic E-state index is -3.70. The predicted octanol–water partition coefficient (Wildman–Crippen LogP) is 2.69. The summed E-state index contributed by atoms with van der Waals surface area (Å²) in [5, 5.41) is 4.24. The van der Waals surface area contributed by atoms with E-state index in [2.05, 4.69) is 16.3 Å². The van der Waals surface area contributed by atoms with E-state index in [9.17, 15) is 8.42 Å². The Morgan fingerprint density at radius 3 is 2.67 bits per heavy atom. The van der Waals surface area contributed by atoms with E-state index in [4.69, 9.17) is 4.74 Å². The van der Waals surface area contributed by atoms with E-state index < -0.39 is 10.0 Å². The van der Waals surface area contributed by atoms with Gasteiger partial charge in [0.25, 0.3) is 10.0 Å². The van der Waals surface area contributed by atoms with Crippen LogP contribution in [-0.4, -0.2) is 45.2 Å². The van der Waals surface area contributed by atoms with Gasteiger partial charge in [-0.1, -0.05) is 12.1 Å². The maximum Gasteiger partial charge on any atom is 0.268 e. The molecule has 1 fully saturated rings. The van der Waals surface area contributed by atoms with Crippen LogP contribution < -0.4 is 15.0 Å². The second-order valence-electron chi connectivity index (χ2n) is 6.50. The van der Waals surface area contributed by atoms with E-state index in [0.717, 1.165) is 37.3 Å². The molecule has 0 saturated carbocycles. The van der Waals surface area contributed by atoms with Crippen LogP contribution in [-0.2, 0) is 10.0 Å². The lowest BCUT2D eigenvalue weighted by atomic mass is 10.2. The highest BCUT2D eigenvalue weighted by molar-refractivity contribution is 7.90. The van der Waals surface area contributed by atoms with Gasteiger partial charge in [0.05, 0.1) is 17.0 Å². The average Bonchev–Trinajstić information content (AvgIpc) is 3.13. The van der Waals surface area contributed by atoms with Crippen molar-refractivity contribution < 1.29 is 13.2 Å². The second kappa shape index (κ2) is 7.25. The quantitative estimate of drug-likeness (QED) is 0.732. The van der Waals surface area contributed by atoms with Gasteiger partial charge in [-0.05, 0) is 37.3 Å². The van der Waals surface area contributed by atoms with Crippen LogP contribution in [0, 0.1) is 0 Å². The summed E-state index contributed by atoms with van der Waals surface area (Å²) in [6.45, 7) is 6.05. The Balaban J connectivity index is 1.77. The standard InChI is InChI=1S/C20H23N3O3S/c1-2-26-18-4-3-5-19(15-18)27(24,25)23-11-8-16-6-7-17(14-20(16)23)22-12-9-21-10-13-22/h3-8,11,14-15,21H,2,9-10,12-13H2,1H3. The van der Waals surface area contributed by atoms with Crippen molar-refractivity contribution in [3.63, 3.8) is 0 Å². The van der Waals surface area contributed by atoms with Gasteiger partial charge in [0.15, 0.2) is 0 Å². The molecule has 3 aromatic rings. The van der Waals surface area contributed by atoms with Crippen LogP contribution in [0.5, 0.6) is 5.75 Å². The van der Waals surface area contributed by atoms with Gasteiger partial charge in [0, 0.05) is 49.5 Å². The van der Waals surface area contributed by atoms with Crippen molar-refractivity contribution in [2.75, 3.05) is 37.7 Å². The Morgan fingerprint density at radius 2 is 1.89 bits per heavy atom. The number of fused-ring (bicyclic) bond motifs is 1. The third kappa shape index (κ3) is 3.40. The van der Waals surface area contributed by atoms with Gasteiger partial charge in [-0.25, -0.2) is 12.4 Å². The molecule has 1 N–H and O–H groups in total. The number of hydrogen-bond acceptors (Lipinski definition) is 5. The number of ether oxygens (including phenoxy) is 1. The minimum absolute atomic E-state index is 0.221. The highest BCUT2D eigenvalue weighted by Gasteiger charge is 2.20. The minimum Gasteiger partial charge on any atom is -0.494 e. The number of aromatic nitrogens is 1. The SMILES string of the molecule is CCOc1cccc(S(=O)(=O)n2ccc3ccc(N4CCNCC4)cc32)c1. The number of benzene rings is 2. The summed E-state index contributed by atoms with van der Waals surface area (Å²) in [6, 6.07) is 14.5. The molecule has 1 aliphatic heterocycles. The van der Waals surface area contributed by atoms with Crippen molar-refractivity contribution in [3.05, 3.63) is 54.7 Å². The third-order valence-corrected chi connectivity index (χ3v) is 6.48. The molecule has 0 aliphatic carbocycles.